The fourth-order valence-electron chi connectivity index (χ4n) is 1.31. The summed E-state index contributed by atoms with van der Waals surface area (Å²) < 4.78 is 26.0. The zero-order chi connectivity index (χ0) is 11.7. The summed E-state index contributed by atoms with van der Waals surface area (Å²) in [5.74, 6) is 0. The quantitative estimate of drug-likeness (QED) is 0.827. The van der Waals surface area contributed by atoms with Crippen molar-refractivity contribution in [3.63, 3.8) is 0 Å². The molecule has 0 aliphatic rings. The predicted molar refractivity (Wildman–Crippen MR) is 51.8 cm³/mol. The van der Waals surface area contributed by atoms with E-state index >= 15 is 0 Å². The molecule has 0 aliphatic carbocycles. The molecule has 2 heterocycles. The Morgan fingerprint density at radius 1 is 1.44 bits per heavy atom. The lowest BCUT2D eigenvalue weighted by molar-refractivity contribution is 0.147. The van der Waals surface area contributed by atoms with Crippen LogP contribution in [0.4, 0.5) is 19.3 Å². The first-order chi connectivity index (χ1) is 7.56. The van der Waals surface area contributed by atoms with Crippen molar-refractivity contribution in [2.75, 3.05) is 5.32 Å². The monoisotopic (exact) mass is 227 g/mol. The maximum atomic E-state index is 12.3. The molecule has 0 aliphatic heterocycles. The number of fused-ring (bicyclic) bond motifs is 1. The average Bonchev–Trinajstić information content (AvgIpc) is 2.59. The number of carboxylic acid groups (broad SMARTS) is 1. The maximum absolute atomic E-state index is 12.3. The molecule has 0 spiro atoms. The lowest BCUT2D eigenvalue weighted by Gasteiger charge is -2.00. The van der Waals surface area contributed by atoms with Crippen molar-refractivity contribution < 1.29 is 18.7 Å². The van der Waals surface area contributed by atoms with Gasteiger partial charge in [0.1, 0.15) is 11.3 Å². The number of hydrogen-bond acceptors (Lipinski definition) is 2. The smallest absolute Gasteiger partial charge is 0.409 e. The largest absolute Gasteiger partial charge is 0.465 e. The summed E-state index contributed by atoms with van der Waals surface area (Å²) in [6.07, 6.45) is -1.32. The number of hydrogen-bond donors (Lipinski definition) is 2. The lowest BCUT2D eigenvalue weighted by atomic mass is 10.4. The number of imidazole rings is 1. The maximum Gasteiger partial charge on any atom is 0.409 e. The highest BCUT2D eigenvalue weighted by molar-refractivity contribution is 5.82. The highest BCUT2D eigenvalue weighted by Gasteiger charge is 2.11. The van der Waals surface area contributed by atoms with Crippen LogP contribution in [0.25, 0.3) is 5.65 Å². The molecular formula is C9H7F2N3O2. The molecule has 84 valence electrons. The van der Waals surface area contributed by atoms with E-state index < -0.39 is 12.5 Å². The Balaban J connectivity index is 2.41. The highest BCUT2D eigenvalue weighted by Crippen LogP contribution is 2.19. The van der Waals surface area contributed by atoms with Crippen molar-refractivity contribution in [3.05, 3.63) is 30.2 Å². The van der Waals surface area contributed by atoms with E-state index in [9.17, 15) is 13.6 Å². The standard InChI is InChI=1S/C9H7F2N3O2/c10-8(11)6-4-14-3-5(12-9(15)16)1-2-7(14)13-6/h1-4,8,12H,(H,15,16). The normalized spacial score (nSPS) is 10.9. The molecule has 0 saturated carbocycles. The third-order valence-corrected chi connectivity index (χ3v) is 1.94. The van der Waals surface area contributed by atoms with Gasteiger partial charge in [-0.05, 0) is 12.1 Å². The number of rotatable bonds is 2. The van der Waals surface area contributed by atoms with Crippen molar-refractivity contribution in [1.29, 1.82) is 0 Å². The number of anilines is 1. The van der Waals surface area contributed by atoms with Crippen LogP contribution in [-0.2, 0) is 0 Å². The first-order valence-electron chi connectivity index (χ1n) is 4.33. The average molecular weight is 227 g/mol. The predicted octanol–water partition coefficient (Wildman–Crippen LogP) is 2.36. The Bertz CT molecular complexity index is 539. The minimum Gasteiger partial charge on any atom is -0.465 e. The fourth-order valence-corrected chi connectivity index (χ4v) is 1.31. The van der Waals surface area contributed by atoms with E-state index in [1.54, 1.807) is 0 Å². The van der Waals surface area contributed by atoms with Gasteiger partial charge in [-0.1, -0.05) is 0 Å². The number of pyridine rings is 1. The van der Waals surface area contributed by atoms with E-state index in [1.165, 1.54) is 22.7 Å². The van der Waals surface area contributed by atoms with Crippen LogP contribution in [0, 0.1) is 0 Å². The van der Waals surface area contributed by atoms with Crippen LogP contribution in [0.5, 0.6) is 0 Å². The van der Waals surface area contributed by atoms with Crippen molar-refractivity contribution in [2.24, 2.45) is 0 Å². The van der Waals surface area contributed by atoms with E-state index in [0.717, 1.165) is 6.20 Å². The van der Waals surface area contributed by atoms with Crippen LogP contribution in [0.3, 0.4) is 0 Å². The van der Waals surface area contributed by atoms with Crippen molar-refractivity contribution >= 4 is 17.4 Å². The van der Waals surface area contributed by atoms with Crippen molar-refractivity contribution in [1.82, 2.24) is 9.38 Å². The van der Waals surface area contributed by atoms with Gasteiger partial charge in [-0.25, -0.2) is 18.6 Å². The third kappa shape index (κ3) is 1.92. The summed E-state index contributed by atoms with van der Waals surface area (Å²) in [5, 5.41) is 10.6. The zero-order valence-electron chi connectivity index (χ0n) is 7.89. The van der Waals surface area contributed by atoms with Gasteiger partial charge in [-0.3, -0.25) is 5.32 Å². The first kappa shape index (κ1) is 10.3. The molecule has 0 radical (unpaired) electrons. The Labute approximate surface area is 88.3 Å². The summed E-state index contributed by atoms with van der Waals surface area (Å²) in [6, 6.07) is 2.91. The van der Waals surface area contributed by atoms with Crippen LogP contribution >= 0.6 is 0 Å². The van der Waals surface area contributed by atoms with Crippen molar-refractivity contribution in [3.8, 4) is 0 Å². The second-order valence-electron chi connectivity index (χ2n) is 3.08. The van der Waals surface area contributed by atoms with Crippen LogP contribution in [0.15, 0.2) is 24.5 Å². The van der Waals surface area contributed by atoms with Crippen LogP contribution in [-0.4, -0.2) is 20.6 Å². The molecule has 0 unspecified atom stereocenters. The first-order valence-corrected chi connectivity index (χ1v) is 4.33. The molecule has 16 heavy (non-hydrogen) atoms. The van der Waals surface area contributed by atoms with Gasteiger partial charge < -0.3 is 9.51 Å². The van der Waals surface area contributed by atoms with Gasteiger partial charge in [-0.2, -0.15) is 0 Å². The summed E-state index contributed by atoms with van der Waals surface area (Å²) in [4.78, 5) is 14.0. The molecule has 0 aromatic carbocycles. The zero-order valence-corrected chi connectivity index (χ0v) is 7.89. The summed E-state index contributed by atoms with van der Waals surface area (Å²) in [5.41, 5.74) is 0.289. The molecule has 7 heteroatoms. The van der Waals surface area contributed by atoms with E-state index in [-0.39, 0.29) is 5.69 Å². The molecule has 5 nitrogen and oxygen atoms in total. The number of carbonyl (C=O) groups is 1. The molecule has 0 saturated heterocycles. The number of nitrogens with zero attached hydrogens (tertiary/aromatic N) is 2. The van der Waals surface area contributed by atoms with Crippen LogP contribution < -0.4 is 5.32 Å². The van der Waals surface area contributed by atoms with E-state index in [1.807, 2.05) is 0 Å². The van der Waals surface area contributed by atoms with Crippen molar-refractivity contribution in [2.45, 2.75) is 6.43 Å². The fraction of sp³-hybridized carbons (Fsp3) is 0.111. The van der Waals surface area contributed by atoms with Gasteiger partial charge in [-0.15, -0.1) is 0 Å². The number of alkyl halides is 2. The van der Waals surface area contributed by atoms with Gasteiger partial charge >= 0.3 is 6.09 Å². The minimum atomic E-state index is -2.64. The second kappa shape index (κ2) is 3.76. The Morgan fingerprint density at radius 2 is 2.19 bits per heavy atom. The number of halogens is 2. The molecule has 0 bridgehead atoms. The summed E-state index contributed by atoms with van der Waals surface area (Å²) in [7, 11) is 0. The molecule has 2 aromatic rings. The molecule has 2 rings (SSSR count). The molecule has 2 aromatic heterocycles. The molecule has 2 N–H and O–H groups in total. The van der Waals surface area contributed by atoms with E-state index in [4.69, 9.17) is 5.11 Å². The third-order valence-electron chi connectivity index (χ3n) is 1.94. The topological polar surface area (TPSA) is 66.6 Å². The Kier molecular flexibility index (Phi) is 2.43. The Morgan fingerprint density at radius 3 is 2.81 bits per heavy atom. The molecule has 0 fully saturated rings. The SMILES string of the molecule is O=C(O)Nc1ccc2nc(C(F)F)cn2c1. The van der Waals surface area contributed by atoms with Gasteiger partial charge in [0.25, 0.3) is 6.43 Å². The van der Waals surface area contributed by atoms with Gasteiger partial charge in [0.15, 0.2) is 0 Å². The number of nitrogens with one attached hydrogen (secondary N) is 1. The van der Waals surface area contributed by atoms with Gasteiger partial charge in [0.2, 0.25) is 0 Å². The van der Waals surface area contributed by atoms with E-state index in [0.29, 0.717) is 11.3 Å². The van der Waals surface area contributed by atoms with Gasteiger partial charge in [0, 0.05) is 12.4 Å². The highest BCUT2D eigenvalue weighted by atomic mass is 19.3. The van der Waals surface area contributed by atoms with Crippen LogP contribution in [0.2, 0.25) is 0 Å². The van der Waals surface area contributed by atoms with Crippen LogP contribution in [0.1, 0.15) is 12.1 Å². The second-order valence-corrected chi connectivity index (χ2v) is 3.08. The number of amides is 1. The minimum absolute atomic E-state index is 0.290. The molecule has 1 amide bonds. The van der Waals surface area contributed by atoms with Gasteiger partial charge in [0.05, 0.1) is 5.69 Å². The molecular weight excluding hydrogens is 220 g/mol. The summed E-state index contributed by atoms with van der Waals surface area (Å²) in [6.45, 7) is 0. The molecule has 0 atom stereocenters. The van der Waals surface area contributed by atoms with E-state index in [2.05, 4.69) is 10.3 Å². The lowest BCUT2D eigenvalue weighted by Crippen LogP contribution is -2.07. The Hall–Kier alpha value is -2.18. The summed E-state index contributed by atoms with van der Waals surface area (Å²) >= 11 is 0. The number of aromatic nitrogens is 2.